The van der Waals surface area contributed by atoms with Crippen molar-refractivity contribution in [1.82, 2.24) is 0 Å². The molecule has 3 aliphatic rings. The molecule has 0 aromatic carbocycles. The number of aliphatic hydroxyl groups is 6. The summed E-state index contributed by atoms with van der Waals surface area (Å²) in [5.74, 6) is -1.34. The van der Waals surface area contributed by atoms with Crippen LogP contribution in [0.3, 0.4) is 0 Å². The molecule has 0 aromatic rings. The lowest BCUT2D eigenvalue weighted by atomic mass is 9.79. The molecule has 26 heavy (non-hydrogen) atoms. The Morgan fingerprint density at radius 2 is 1.92 bits per heavy atom. The summed E-state index contributed by atoms with van der Waals surface area (Å²) < 4.78 is 16.2. The normalized spacial score (nSPS) is 51.3. The number of carbonyl (C=O) groups is 1. The first-order chi connectivity index (χ1) is 12.2. The van der Waals surface area contributed by atoms with Crippen LogP contribution in [0.5, 0.6) is 0 Å². The second-order valence-corrected chi connectivity index (χ2v) is 7.11. The first-order valence-corrected chi connectivity index (χ1v) is 8.42. The fraction of sp³-hybridized carbons (Fsp3) is 0.812. The lowest BCUT2D eigenvalue weighted by Crippen LogP contribution is -2.61. The standard InChI is InChI=1S/C16H24O10/c1-6-8(19)2-16(23)7(3-17)5-24-14(10(6)16)26-15-13(22)12(21)11(20)9(4-18)25-15/h3,5-6,8-15,18-23H,2,4H2,1H3. The average molecular weight is 376 g/mol. The summed E-state index contributed by atoms with van der Waals surface area (Å²) in [6.07, 6.45) is -8.12. The Morgan fingerprint density at radius 3 is 2.54 bits per heavy atom. The van der Waals surface area contributed by atoms with Gasteiger partial charge in [-0.25, -0.2) is 0 Å². The zero-order valence-corrected chi connectivity index (χ0v) is 14.1. The van der Waals surface area contributed by atoms with Crippen LogP contribution >= 0.6 is 0 Å². The third-order valence-corrected chi connectivity index (χ3v) is 5.61. The van der Waals surface area contributed by atoms with Crippen molar-refractivity contribution in [3.05, 3.63) is 11.8 Å². The summed E-state index contributed by atoms with van der Waals surface area (Å²) in [7, 11) is 0. The zero-order valence-electron chi connectivity index (χ0n) is 14.1. The Labute approximate surface area is 149 Å². The van der Waals surface area contributed by atoms with Gasteiger partial charge >= 0.3 is 0 Å². The van der Waals surface area contributed by atoms with E-state index >= 15 is 0 Å². The van der Waals surface area contributed by atoms with Crippen LogP contribution in [-0.2, 0) is 19.0 Å². The Bertz CT molecular complexity index is 565. The number of rotatable bonds is 4. The van der Waals surface area contributed by atoms with Crippen molar-refractivity contribution < 1.29 is 49.6 Å². The van der Waals surface area contributed by atoms with Crippen molar-refractivity contribution in [2.24, 2.45) is 11.8 Å². The van der Waals surface area contributed by atoms with Gasteiger partial charge in [-0.3, -0.25) is 4.79 Å². The zero-order chi connectivity index (χ0) is 19.2. The summed E-state index contributed by atoms with van der Waals surface area (Å²) >= 11 is 0. The van der Waals surface area contributed by atoms with Gasteiger partial charge in [-0.2, -0.15) is 0 Å². The molecule has 1 saturated heterocycles. The highest BCUT2D eigenvalue weighted by Gasteiger charge is 2.60. The van der Waals surface area contributed by atoms with Crippen LogP contribution in [0.2, 0.25) is 0 Å². The van der Waals surface area contributed by atoms with E-state index in [0.29, 0.717) is 6.29 Å². The van der Waals surface area contributed by atoms with Crippen molar-refractivity contribution in [3.63, 3.8) is 0 Å². The summed E-state index contributed by atoms with van der Waals surface area (Å²) in [5.41, 5.74) is -1.70. The Kier molecular flexibility index (Phi) is 5.39. The molecule has 6 N–H and O–H groups in total. The molecule has 10 nitrogen and oxygen atoms in total. The average Bonchev–Trinajstić information content (AvgIpc) is 2.85. The second kappa shape index (κ2) is 7.13. The molecule has 2 fully saturated rings. The van der Waals surface area contributed by atoms with Gasteiger partial charge in [0.25, 0.3) is 0 Å². The van der Waals surface area contributed by atoms with Gasteiger partial charge in [0.15, 0.2) is 12.6 Å². The van der Waals surface area contributed by atoms with E-state index < -0.39 is 67.1 Å². The van der Waals surface area contributed by atoms with Crippen molar-refractivity contribution >= 4 is 6.29 Å². The SMILES string of the molecule is CC1C(O)CC2(O)C(C=O)=COC(OC3OC(CO)C(O)C(O)C3O)C12. The first kappa shape index (κ1) is 19.6. The molecular formula is C16H24O10. The van der Waals surface area contributed by atoms with Gasteiger partial charge in [-0.15, -0.1) is 0 Å². The van der Waals surface area contributed by atoms with E-state index in [1.54, 1.807) is 6.92 Å². The van der Waals surface area contributed by atoms with Gasteiger partial charge in [0, 0.05) is 6.42 Å². The summed E-state index contributed by atoms with van der Waals surface area (Å²) in [6.45, 7) is 1.04. The molecule has 0 amide bonds. The number of fused-ring (bicyclic) bond motifs is 1. The highest BCUT2D eigenvalue weighted by molar-refractivity contribution is 5.76. The topological polar surface area (TPSA) is 166 Å². The second-order valence-electron chi connectivity index (χ2n) is 7.11. The number of hydrogen-bond acceptors (Lipinski definition) is 10. The molecule has 0 spiro atoms. The van der Waals surface area contributed by atoms with Crippen LogP contribution in [0.15, 0.2) is 11.8 Å². The van der Waals surface area contributed by atoms with Crippen LogP contribution in [0.1, 0.15) is 13.3 Å². The maximum absolute atomic E-state index is 11.2. The fourth-order valence-corrected chi connectivity index (χ4v) is 3.98. The first-order valence-electron chi connectivity index (χ1n) is 8.42. The largest absolute Gasteiger partial charge is 0.471 e. The molecule has 0 radical (unpaired) electrons. The van der Waals surface area contributed by atoms with Gasteiger partial charge in [-0.05, 0) is 5.92 Å². The molecular weight excluding hydrogens is 352 g/mol. The molecule has 2 heterocycles. The minimum Gasteiger partial charge on any atom is -0.471 e. The Hall–Kier alpha value is -1.11. The molecule has 10 atom stereocenters. The third kappa shape index (κ3) is 2.96. The summed E-state index contributed by atoms with van der Waals surface area (Å²) in [4.78, 5) is 11.2. The van der Waals surface area contributed by atoms with E-state index in [-0.39, 0.29) is 12.0 Å². The van der Waals surface area contributed by atoms with Gasteiger partial charge < -0.3 is 44.8 Å². The number of hydrogen-bond donors (Lipinski definition) is 6. The van der Waals surface area contributed by atoms with Crippen molar-refractivity contribution in [2.75, 3.05) is 6.61 Å². The smallest absolute Gasteiger partial charge is 0.208 e. The third-order valence-electron chi connectivity index (χ3n) is 5.61. The van der Waals surface area contributed by atoms with Crippen molar-refractivity contribution in [3.8, 4) is 0 Å². The molecule has 148 valence electrons. The van der Waals surface area contributed by atoms with E-state index in [0.717, 1.165) is 6.26 Å². The van der Waals surface area contributed by atoms with E-state index in [9.17, 15) is 35.4 Å². The number of carbonyl (C=O) groups excluding carboxylic acids is 1. The van der Waals surface area contributed by atoms with Crippen LogP contribution in [0.4, 0.5) is 0 Å². The molecule has 1 saturated carbocycles. The Balaban J connectivity index is 1.83. The molecule has 3 rings (SSSR count). The summed E-state index contributed by atoms with van der Waals surface area (Å²) in [5, 5.41) is 60.0. The van der Waals surface area contributed by atoms with Crippen LogP contribution in [0.25, 0.3) is 0 Å². The van der Waals surface area contributed by atoms with Gasteiger partial charge in [0.1, 0.15) is 30.0 Å². The maximum atomic E-state index is 11.2. The minimum absolute atomic E-state index is 0.0282. The van der Waals surface area contributed by atoms with Crippen LogP contribution < -0.4 is 0 Å². The van der Waals surface area contributed by atoms with Gasteiger partial charge in [-0.1, -0.05) is 6.92 Å². The predicted octanol–water partition coefficient (Wildman–Crippen LogP) is -3.01. The monoisotopic (exact) mass is 376 g/mol. The lowest BCUT2D eigenvalue weighted by Gasteiger charge is -2.44. The molecule has 1 aliphatic carbocycles. The van der Waals surface area contributed by atoms with E-state index in [1.807, 2.05) is 0 Å². The minimum atomic E-state index is -1.67. The highest BCUT2D eigenvalue weighted by atomic mass is 16.8. The summed E-state index contributed by atoms with van der Waals surface area (Å²) in [6, 6.07) is 0. The molecule has 10 unspecified atom stereocenters. The number of aliphatic hydroxyl groups excluding tert-OH is 5. The molecule has 0 aromatic heterocycles. The van der Waals surface area contributed by atoms with Gasteiger partial charge in [0.2, 0.25) is 6.29 Å². The van der Waals surface area contributed by atoms with Crippen LogP contribution in [0, 0.1) is 11.8 Å². The molecule has 2 aliphatic heterocycles. The quantitative estimate of drug-likeness (QED) is 0.278. The molecule has 0 bridgehead atoms. The highest BCUT2D eigenvalue weighted by Crippen LogP contribution is 2.49. The van der Waals surface area contributed by atoms with Crippen LogP contribution in [-0.4, -0.2) is 92.2 Å². The van der Waals surface area contributed by atoms with Gasteiger partial charge in [0.05, 0.1) is 30.5 Å². The van der Waals surface area contributed by atoms with Crippen molar-refractivity contribution in [1.29, 1.82) is 0 Å². The fourth-order valence-electron chi connectivity index (χ4n) is 3.98. The predicted molar refractivity (Wildman–Crippen MR) is 82.1 cm³/mol. The van der Waals surface area contributed by atoms with Crippen molar-refractivity contribution in [2.45, 2.75) is 62.0 Å². The molecule has 10 heteroatoms. The number of aldehydes is 1. The Morgan fingerprint density at radius 1 is 1.23 bits per heavy atom. The van der Waals surface area contributed by atoms with E-state index in [4.69, 9.17) is 14.2 Å². The number of ether oxygens (including phenoxy) is 3. The lowest BCUT2D eigenvalue weighted by molar-refractivity contribution is -0.346. The maximum Gasteiger partial charge on any atom is 0.208 e. The van der Waals surface area contributed by atoms with E-state index in [1.165, 1.54) is 0 Å². The van der Waals surface area contributed by atoms with E-state index in [2.05, 4.69) is 0 Å².